The van der Waals surface area contributed by atoms with E-state index in [1.54, 1.807) is 75.6 Å². The number of methoxy groups -OCH3 is 1. The Hall–Kier alpha value is -3.70. The number of benzene rings is 3. The Balaban J connectivity index is 2.12. The second kappa shape index (κ2) is 15.5. The van der Waals surface area contributed by atoms with E-state index in [2.05, 4.69) is 5.32 Å². The second-order valence-corrected chi connectivity index (χ2v) is 12.0. The molecule has 226 valence electrons. The fraction of sp³-hybridized carbons (Fsp3) is 0.355. The Labute approximate surface area is 253 Å². The molecule has 0 heterocycles. The number of hydrogen-bond donors (Lipinski definition) is 1. The smallest absolute Gasteiger partial charge is 0.264 e. The van der Waals surface area contributed by atoms with Gasteiger partial charge in [0.25, 0.3) is 10.0 Å². The van der Waals surface area contributed by atoms with Crippen LogP contribution in [0.5, 0.6) is 11.5 Å². The van der Waals surface area contributed by atoms with Gasteiger partial charge in [-0.3, -0.25) is 13.9 Å². The number of likely N-dealkylation sites (N-methyl/N-ethyl adjacent to an activating group) is 1. The van der Waals surface area contributed by atoms with Gasteiger partial charge in [-0.25, -0.2) is 8.42 Å². The van der Waals surface area contributed by atoms with Crippen molar-refractivity contribution in [1.29, 1.82) is 0 Å². The molecule has 0 aliphatic heterocycles. The zero-order valence-electron chi connectivity index (χ0n) is 24.7. The van der Waals surface area contributed by atoms with Gasteiger partial charge in [-0.15, -0.1) is 11.8 Å². The number of carbonyl (C=O) groups is 2. The summed E-state index contributed by atoms with van der Waals surface area (Å²) in [5, 5.41) is 2.81. The lowest BCUT2D eigenvalue weighted by Gasteiger charge is -2.33. The SMILES string of the molecule is CCNC(=O)C(CC)N(Cc1cccc(OC)c1)C(=O)CN(c1ccccc1OCC)S(=O)(=O)c1ccc(SC)cc1. The number of sulfonamides is 1. The van der Waals surface area contributed by atoms with Gasteiger partial charge >= 0.3 is 0 Å². The van der Waals surface area contributed by atoms with Crippen LogP contribution >= 0.6 is 11.8 Å². The molecule has 0 saturated heterocycles. The van der Waals surface area contributed by atoms with Crippen LogP contribution in [0.15, 0.2) is 82.6 Å². The summed E-state index contributed by atoms with van der Waals surface area (Å²) < 4.78 is 40.5. The van der Waals surface area contributed by atoms with E-state index >= 15 is 0 Å². The van der Waals surface area contributed by atoms with Crippen LogP contribution in [0.2, 0.25) is 0 Å². The minimum atomic E-state index is -4.22. The quantitative estimate of drug-likeness (QED) is 0.242. The van der Waals surface area contributed by atoms with Gasteiger partial charge in [0.1, 0.15) is 24.1 Å². The maximum atomic E-state index is 14.2. The molecular weight excluding hydrogens is 574 g/mol. The standard InChI is InChI=1S/C31H39N3O6S2/c1-6-27(31(36)32-7-2)33(21-23-12-11-13-24(20-23)39-4)30(35)22-34(28-14-9-10-15-29(28)40-8-3)42(37,38)26-18-16-25(41-5)17-19-26/h9-20,27H,6-8,21-22H2,1-5H3,(H,32,36). The Kier molecular flexibility index (Phi) is 12.1. The zero-order valence-corrected chi connectivity index (χ0v) is 26.3. The third-order valence-electron chi connectivity index (χ3n) is 6.58. The number of para-hydroxylation sites is 2. The number of carbonyl (C=O) groups excluding carboxylic acids is 2. The van der Waals surface area contributed by atoms with Gasteiger partial charge in [-0.2, -0.15) is 0 Å². The van der Waals surface area contributed by atoms with Gasteiger partial charge in [-0.05, 0) is 80.6 Å². The number of thioether (sulfide) groups is 1. The Bertz CT molecular complexity index is 1450. The highest BCUT2D eigenvalue weighted by molar-refractivity contribution is 7.98. The van der Waals surface area contributed by atoms with Crippen LogP contribution in [0.1, 0.15) is 32.8 Å². The molecule has 0 radical (unpaired) electrons. The predicted octanol–water partition coefficient (Wildman–Crippen LogP) is 4.95. The van der Waals surface area contributed by atoms with Crippen LogP contribution in [0.25, 0.3) is 0 Å². The molecule has 0 aliphatic carbocycles. The van der Waals surface area contributed by atoms with Gasteiger partial charge in [0.05, 0.1) is 24.3 Å². The van der Waals surface area contributed by atoms with E-state index in [-0.39, 0.29) is 23.0 Å². The summed E-state index contributed by atoms with van der Waals surface area (Å²) in [6, 6.07) is 19.6. The normalized spacial score (nSPS) is 11.8. The molecule has 0 saturated carbocycles. The van der Waals surface area contributed by atoms with Crippen molar-refractivity contribution in [3.63, 3.8) is 0 Å². The number of nitrogens with zero attached hydrogens (tertiary/aromatic N) is 2. The number of hydrogen-bond acceptors (Lipinski definition) is 7. The van der Waals surface area contributed by atoms with Gasteiger partial charge in [0, 0.05) is 18.0 Å². The van der Waals surface area contributed by atoms with Crippen LogP contribution in [0.4, 0.5) is 5.69 Å². The Morgan fingerprint density at radius 1 is 0.976 bits per heavy atom. The lowest BCUT2D eigenvalue weighted by molar-refractivity contribution is -0.140. The minimum absolute atomic E-state index is 0.0366. The fourth-order valence-corrected chi connectivity index (χ4v) is 6.34. The molecular formula is C31H39N3O6S2. The zero-order chi connectivity index (χ0) is 30.7. The van der Waals surface area contributed by atoms with E-state index in [0.717, 1.165) is 14.8 Å². The molecule has 3 aromatic carbocycles. The summed E-state index contributed by atoms with van der Waals surface area (Å²) in [6.45, 7) is 5.66. The summed E-state index contributed by atoms with van der Waals surface area (Å²) in [7, 11) is -2.67. The molecule has 0 aromatic heterocycles. The van der Waals surface area contributed by atoms with Crippen molar-refractivity contribution >= 4 is 39.3 Å². The van der Waals surface area contributed by atoms with Crippen LogP contribution in [-0.2, 0) is 26.2 Å². The molecule has 1 atom stereocenters. The van der Waals surface area contributed by atoms with Crippen LogP contribution in [-0.4, -0.2) is 64.2 Å². The fourth-order valence-electron chi connectivity index (χ4n) is 4.51. The van der Waals surface area contributed by atoms with Gasteiger partial charge in [-0.1, -0.05) is 31.2 Å². The van der Waals surface area contributed by atoms with Crippen molar-refractivity contribution in [3.8, 4) is 11.5 Å². The van der Waals surface area contributed by atoms with E-state index in [1.807, 2.05) is 19.2 Å². The van der Waals surface area contributed by atoms with E-state index in [1.165, 1.54) is 28.8 Å². The highest BCUT2D eigenvalue weighted by atomic mass is 32.2. The van der Waals surface area contributed by atoms with E-state index in [4.69, 9.17) is 9.47 Å². The monoisotopic (exact) mass is 613 g/mol. The molecule has 1 unspecified atom stereocenters. The highest BCUT2D eigenvalue weighted by Crippen LogP contribution is 2.33. The average molecular weight is 614 g/mol. The summed E-state index contributed by atoms with van der Waals surface area (Å²) in [5.74, 6) is 0.0845. The molecule has 3 rings (SSSR count). The first-order valence-corrected chi connectivity index (χ1v) is 16.4. The van der Waals surface area contributed by atoms with Crippen molar-refractivity contribution in [3.05, 3.63) is 78.4 Å². The van der Waals surface area contributed by atoms with Gasteiger partial charge in [0.2, 0.25) is 11.8 Å². The number of nitrogens with one attached hydrogen (secondary N) is 1. The molecule has 3 aromatic rings. The topological polar surface area (TPSA) is 105 Å². The summed E-state index contributed by atoms with van der Waals surface area (Å²) in [4.78, 5) is 29.7. The molecule has 1 N–H and O–H groups in total. The maximum Gasteiger partial charge on any atom is 0.264 e. The first kappa shape index (κ1) is 32.8. The lowest BCUT2D eigenvalue weighted by atomic mass is 10.1. The molecule has 9 nitrogen and oxygen atoms in total. The van der Waals surface area contributed by atoms with Crippen molar-refractivity contribution in [2.45, 2.75) is 49.6 Å². The van der Waals surface area contributed by atoms with Crippen molar-refractivity contribution in [2.75, 3.05) is 37.4 Å². The maximum absolute atomic E-state index is 14.2. The van der Waals surface area contributed by atoms with E-state index in [0.29, 0.717) is 31.1 Å². The summed E-state index contributed by atoms with van der Waals surface area (Å²) >= 11 is 1.50. The molecule has 0 fully saturated rings. The van der Waals surface area contributed by atoms with Crippen molar-refractivity contribution in [1.82, 2.24) is 10.2 Å². The van der Waals surface area contributed by atoms with Gasteiger partial charge < -0.3 is 19.7 Å². The van der Waals surface area contributed by atoms with Crippen LogP contribution in [0, 0.1) is 0 Å². The lowest BCUT2D eigenvalue weighted by Crippen LogP contribution is -2.52. The third kappa shape index (κ3) is 7.98. The first-order chi connectivity index (χ1) is 20.2. The number of ether oxygens (including phenoxy) is 2. The van der Waals surface area contributed by atoms with Crippen molar-refractivity contribution in [2.24, 2.45) is 0 Å². The molecule has 0 spiro atoms. The highest BCUT2D eigenvalue weighted by Gasteiger charge is 2.34. The first-order valence-electron chi connectivity index (χ1n) is 13.8. The van der Waals surface area contributed by atoms with E-state index in [9.17, 15) is 18.0 Å². The number of rotatable bonds is 15. The number of anilines is 1. The third-order valence-corrected chi connectivity index (χ3v) is 9.10. The summed E-state index contributed by atoms with van der Waals surface area (Å²) in [5.41, 5.74) is 0.969. The average Bonchev–Trinajstić information content (AvgIpc) is 3.00. The second-order valence-electron chi connectivity index (χ2n) is 9.28. The molecule has 0 bridgehead atoms. The van der Waals surface area contributed by atoms with Crippen LogP contribution < -0.4 is 19.1 Å². The summed E-state index contributed by atoms with van der Waals surface area (Å²) in [6.07, 6.45) is 2.24. The van der Waals surface area contributed by atoms with E-state index < -0.39 is 28.5 Å². The Morgan fingerprint density at radius 3 is 2.31 bits per heavy atom. The Morgan fingerprint density at radius 2 is 1.69 bits per heavy atom. The molecule has 42 heavy (non-hydrogen) atoms. The van der Waals surface area contributed by atoms with Gasteiger partial charge in [0.15, 0.2) is 0 Å². The van der Waals surface area contributed by atoms with Crippen LogP contribution in [0.3, 0.4) is 0 Å². The van der Waals surface area contributed by atoms with Crippen molar-refractivity contribution < 1.29 is 27.5 Å². The number of amides is 2. The molecule has 0 aliphatic rings. The molecule has 11 heteroatoms. The largest absolute Gasteiger partial charge is 0.497 e. The molecule has 2 amide bonds. The predicted molar refractivity (Wildman–Crippen MR) is 167 cm³/mol. The minimum Gasteiger partial charge on any atom is -0.497 e.